The van der Waals surface area contributed by atoms with Gasteiger partial charge in [-0.3, -0.25) is 9.78 Å². The molecule has 24 heavy (non-hydrogen) atoms. The van der Waals surface area contributed by atoms with Crippen molar-refractivity contribution in [2.45, 2.75) is 6.04 Å². The molecule has 2 N–H and O–H groups in total. The van der Waals surface area contributed by atoms with Crippen molar-refractivity contribution in [1.29, 1.82) is 0 Å². The van der Waals surface area contributed by atoms with Crippen molar-refractivity contribution in [1.82, 2.24) is 15.3 Å². The molecular formula is C19H16ClN3O. The Hall–Kier alpha value is -2.85. The molecule has 2 heterocycles. The summed E-state index contributed by atoms with van der Waals surface area (Å²) < 4.78 is 0. The van der Waals surface area contributed by atoms with Crippen LogP contribution in [-0.2, 0) is 4.79 Å². The monoisotopic (exact) mass is 337 g/mol. The van der Waals surface area contributed by atoms with Gasteiger partial charge >= 0.3 is 0 Å². The first kappa shape index (κ1) is 16.0. The summed E-state index contributed by atoms with van der Waals surface area (Å²) in [5.41, 5.74) is 2.49. The molecule has 0 aliphatic heterocycles. The third-order valence-corrected chi connectivity index (χ3v) is 3.72. The van der Waals surface area contributed by atoms with Gasteiger partial charge in [0.15, 0.2) is 0 Å². The average molecular weight is 338 g/mol. The smallest absolute Gasteiger partial charge is 0.244 e. The van der Waals surface area contributed by atoms with E-state index in [2.05, 4.69) is 15.3 Å². The Balaban J connectivity index is 1.84. The van der Waals surface area contributed by atoms with Gasteiger partial charge in [0.2, 0.25) is 5.91 Å². The normalized spacial score (nSPS) is 12.2. The van der Waals surface area contributed by atoms with Crippen molar-refractivity contribution in [3.63, 3.8) is 0 Å². The number of nitrogens with zero attached hydrogens (tertiary/aromatic N) is 1. The molecule has 1 aromatic carbocycles. The highest BCUT2D eigenvalue weighted by molar-refractivity contribution is 6.30. The number of aromatic nitrogens is 2. The summed E-state index contributed by atoms with van der Waals surface area (Å²) >= 11 is 6.09. The molecule has 0 spiro atoms. The quantitative estimate of drug-likeness (QED) is 0.692. The number of hydrogen-bond acceptors (Lipinski definition) is 2. The van der Waals surface area contributed by atoms with Crippen LogP contribution in [0, 0.1) is 0 Å². The van der Waals surface area contributed by atoms with Crippen LogP contribution in [0.5, 0.6) is 0 Å². The van der Waals surface area contributed by atoms with Crippen LogP contribution in [0.4, 0.5) is 0 Å². The second-order valence-electron chi connectivity index (χ2n) is 5.21. The maximum Gasteiger partial charge on any atom is 0.244 e. The highest BCUT2D eigenvalue weighted by Crippen LogP contribution is 2.23. The summed E-state index contributed by atoms with van der Waals surface area (Å²) in [5, 5.41) is 3.59. The van der Waals surface area contributed by atoms with Gasteiger partial charge in [0.25, 0.3) is 0 Å². The number of rotatable bonds is 5. The van der Waals surface area contributed by atoms with E-state index in [9.17, 15) is 4.79 Å². The highest BCUT2D eigenvalue weighted by Gasteiger charge is 2.17. The summed E-state index contributed by atoms with van der Waals surface area (Å²) in [4.78, 5) is 19.7. The molecule has 1 atom stereocenters. The zero-order valence-corrected chi connectivity index (χ0v) is 13.6. The van der Waals surface area contributed by atoms with Gasteiger partial charge in [-0.2, -0.15) is 0 Å². The maximum absolute atomic E-state index is 12.3. The van der Waals surface area contributed by atoms with E-state index in [-0.39, 0.29) is 11.9 Å². The predicted octanol–water partition coefficient (Wildman–Crippen LogP) is 3.98. The minimum absolute atomic E-state index is 0.208. The van der Waals surface area contributed by atoms with Gasteiger partial charge in [-0.05, 0) is 48.0 Å². The number of carbonyl (C=O) groups excluding carboxylic acids is 1. The lowest BCUT2D eigenvalue weighted by Gasteiger charge is -2.18. The summed E-state index contributed by atoms with van der Waals surface area (Å²) in [6.45, 7) is 0. The van der Waals surface area contributed by atoms with Gasteiger partial charge in [-0.1, -0.05) is 29.8 Å². The third-order valence-electron chi connectivity index (χ3n) is 3.49. The molecular weight excluding hydrogens is 322 g/mol. The van der Waals surface area contributed by atoms with Crippen LogP contribution in [-0.4, -0.2) is 15.9 Å². The van der Waals surface area contributed by atoms with Gasteiger partial charge in [0.05, 0.1) is 11.7 Å². The first-order chi connectivity index (χ1) is 11.7. The van der Waals surface area contributed by atoms with Crippen molar-refractivity contribution in [3.8, 4) is 0 Å². The number of H-pyrrole nitrogens is 1. The Labute approximate surface area is 145 Å². The van der Waals surface area contributed by atoms with Crippen molar-refractivity contribution < 1.29 is 4.79 Å². The van der Waals surface area contributed by atoms with E-state index in [0.717, 1.165) is 17.0 Å². The van der Waals surface area contributed by atoms with Crippen LogP contribution in [0.25, 0.3) is 6.08 Å². The molecule has 1 amide bonds. The van der Waals surface area contributed by atoms with Crippen molar-refractivity contribution in [2.75, 3.05) is 0 Å². The molecule has 2 aromatic heterocycles. The van der Waals surface area contributed by atoms with Gasteiger partial charge in [-0.25, -0.2) is 0 Å². The Bertz CT molecular complexity index is 829. The lowest BCUT2D eigenvalue weighted by molar-refractivity contribution is -0.116. The number of aromatic amines is 1. The second-order valence-corrected chi connectivity index (χ2v) is 5.65. The molecule has 0 saturated carbocycles. The molecule has 5 heteroatoms. The van der Waals surface area contributed by atoms with Crippen LogP contribution >= 0.6 is 11.6 Å². The molecule has 4 nitrogen and oxygen atoms in total. The topological polar surface area (TPSA) is 57.8 Å². The summed E-state index contributed by atoms with van der Waals surface area (Å²) in [5.74, 6) is -0.208. The molecule has 3 rings (SSSR count). The Morgan fingerprint density at radius 2 is 2.08 bits per heavy atom. The summed E-state index contributed by atoms with van der Waals surface area (Å²) in [6.07, 6.45) is 6.73. The lowest BCUT2D eigenvalue weighted by Crippen LogP contribution is -2.28. The van der Waals surface area contributed by atoms with Crippen molar-refractivity contribution in [2.24, 2.45) is 0 Å². The molecule has 0 saturated heterocycles. The Morgan fingerprint density at radius 3 is 2.79 bits per heavy atom. The number of hydrogen-bond donors (Lipinski definition) is 2. The predicted molar refractivity (Wildman–Crippen MR) is 95.5 cm³/mol. The van der Waals surface area contributed by atoms with Crippen molar-refractivity contribution >= 4 is 23.6 Å². The van der Waals surface area contributed by atoms with Gasteiger partial charge in [-0.15, -0.1) is 0 Å². The van der Waals surface area contributed by atoms with E-state index in [4.69, 9.17) is 11.6 Å². The fourth-order valence-corrected chi connectivity index (χ4v) is 2.56. The average Bonchev–Trinajstić information content (AvgIpc) is 3.12. The van der Waals surface area contributed by atoms with Crippen LogP contribution in [0.15, 0.2) is 73.1 Å². The van der Waals surface area contributed by atoms with E-state index in [1.54, 1.807) is 24.5 Å². The van der Waals surface area contributed by atoms with Gasteiger partial charge in [0, 0.05) is 29.2 Å². The number of carbonyl (C=O) groups is 1. The lowest BCUT2D eigenvalue weighted by atomic mass is 10.0. The minimum atomic E-state index is -0.370. The van der Waals surface area contributed by atoms with Gasteiger partial charge < -0.3 is 10.3 Å². The highest BCUT2D eigenvalue weighted by atomic mass is 35.5. The maximum atomic E-state index is 12.3. The fourth-order valence-electron chi connectivity index (χ4n) is 2.36. The largest absolute Gasteiger partial charge is 0.362 e. The van der Waals surface area contributed by atoms with E-state index in [1.807, 2.05) is 48.5 Å². The number of nitrogens with one attached hydrogen (secondary N) is 2. The minimum Gasteiger partial charge on any atom is -0.362 e. The molecule has 0 radical (unpaired) electrons. The van der Waals surface area contributed by atoms with E-state index in [0.29, 0.717) is 5.02 Å². The van der Waals surface area contributed by atoms with Gasteiger partial charge in [0.1, 0.15) is 0 Å². The first-order valence-corrected chi connectivity index (χ1v) is 7.88. The number of amides is 1. The number of halogens is 1. The van der Waals surface area contributed by atoms with E-state index < -0.39 is 0 Å². The van der Waals surface area contributed by atoms with Crippen LogP contribution in [0.3, 0.4) is 0 Å². The molecule has 3 aromatic rings. The summed E-state index contributed by atoms with van der Waals surface area (Å²) in [7, 11) is 0. The molecule has 0 bridgehead atoms. The third kappa shape index (κ3) is 4.12. The molecule has 0 aliphatic carbocycles. The van der Waals surface area contributed by atoms with Crippen LogP contribution in [0.1, 0.15) is 23.0 Å². The number of pyridine rings is 1. The van der Waals surface area contributed by atoms with Crippen molar-refractivity contribution in [3.05, 3.63) is 95.0 Å². The Morgan fingerprint density at radius 1 is 1.17 bits per heavy atom. The van der Waals surface area contributed by atoms with Crippen LogP contribution < -0.4 is 5.32 Å². The first-order valence-electron chi connectivity index (χ1n) is 7.51. The zero-order valence-electron chi connectivity index (χ0n) is 12.8. The zero-order chi connectivity index (χ0) is 16.8. The molecule has 0 aliphatic rings. The van der Waals surface area contributed by atoms with E-state index >= 15 is 0 Å². The Kier molecular flexibility index (Phi) is 5.08. The molecule has 120 valence electrons. The number of benzene rings is 1. The molecule has 1 unspecified atom stereocenters. The fraction of sp³-hybridized carbons (Fsp3) is 0.0526. The second kappa shape index (κ2) is 7.62. The molecule has 0 fully saturated rings. The van der Waals surface area contributed by atoms with E-state index in [1.165, 1.54) is 6.08 Å². The SMILES string of the molecule is O=C(C=Cc1ccc[nH]1)NC(c1cccc(Cl)c1)c1ccccn1. The summed E-state index contributed by atoms with van der Waals surface area (Å²) in [6, 6.07) is 16.4. The van der Waals surface area contributed by atoms with Crippen LogP contribution in [0.2, 0.25) is 5.02 Å². The standard InChI is InChI=1S/C19H16ClN3O/c20-15-6-3-5-14(13-15)19(17-8-1-2-11-22-17)23-18(24)10-9-16-7-4-12-21-16/h1-13,19,21H,(H,23,24).